The number of carbonyl (C=O) groups is 4. The minimum Gasteiger partial charge on any atom is -0.376 e. The summed E-state index contributed by atoms with van der Waals surface area (Å²) in [6, 6.07) is 47.6. The van der Waals surface area contributed by atoms with Crippen LogP contribution < -0.4 is 21.7 Å². The smallest absolute Gasteiger partial charge is 0.263 e. The number of amides is 4. The molecule has 0 radical (unpaired) electrons. The predicted octanol–water partition coefficient (Wildman–Crippen LogP) is 8.38. The lowest BCUT2D eigenvalue weighted by Gasteiger charge is -2.14. The van der Waals surface area contributed by atoms with Gasteiger partial charge in [-0.05, 0) is 103 Å². The first-order chi connectivity index (χ1) is 35.5. The zero-order valence-electron chi connectivity index (χ0n) is 38.1. The summed E-state index contributed by atoms with van der Waals surface area (Å²) in [5.41, 5.74) is 7.16. The van der Waals surface area contributed by atoms with E-state index in [1.165, 1.54) is 4.90 Å². The van der Waals surface area contributed by atoms with Gasteiger partial charge in [0.2, 0.25) is 0 Å². The monoisotopic (exact) mass is 960 g/mol. The number of pyridine rings is 4. The molecule has 0 saturated heterocycles. The normalized spacial score (nSPS) is 13.1. The molecular weight excluding hydrogens is 925 g/mol. The van der Waals surface area contributed by atoms with Gasteiger partial charge >= 0.3 is 0 Å². The average Bonchev–Trinajstić information content (AvgIpc) is 3.81. The standard InChI is InChI=1S/C29H17N3O4.C20H12N2O2.C9H7NO3/c33-26-18-7-3-4-8-22(18)30-24-13-21-25(12-20(24)26)31-23-10-9-15(11-19(23)27(21)34)14-32-28(35)16-5-1-2-6-17(16)29(32)36;23-19-11-5-1-3-7-15(11)21-17-10-14-18(9-13(17)19)22-16-8-4-2-6-12(16)20(14)24;11-5-10-8(12)6-3-1-2-4-7(6)9(10)13/h1-13H,14H2,(H,30,33)(H,31,34);1-10H,(H,21,23)(H,22,24);1-4,11H,5H2. The Hall–Kier alpha value is -10.1. The number of carbonyl (C=O) groups excluding carboxylic acids is 4. The zero-order valence-corrected chi connectivity index (χ0v) is 38.1. The van der Waals surface area contributed by atoms with Gasteiger partial charge in [-0.1, -0.05) is 66.7 Å². The van der Waals surface area contributed by atoms with Gasteiger partial charge in [-0.3, -0.25) is 48.2 Å². The van der Waals surface area contributed by atoms with E-state index in [0.717, 1.165) is 15.9 Å². The topological polar surface area (TPSA) is 226 Å². The molecule has 2 aliphatic heterocycles. The largest absolute Gasteiger partial charge is 0.376 e. The summed E-state index contributed by atoms with van der Waals surface area (Å²) in [6.07, 6.45) is 0. The number of aromatic amines is 4. The number of fused-ring (bicyclic) bond motifs is 10. The minimum absolute atomic E-state index is 0.0322. The first kappa shape index (κ1) is 44.1. The fraction of sp³-hybridized carbons (Fsp3) is 0.0345. The van der Waals surface area contributed by atoms with E-state index >= 15 is 0 Å². The molecule has 0 bridgehead atoms. The fourth-order valence-corrected chi connectivity index (χ4v) is 9.82. The lowest BCUT2D eigenvalue weighted by atomic mass is 10.0. The summed E-state index contributed by atoms with van der Waals surface area (Å²) < 4.78 is 0. The van der Waals surface area contributed by atoms with Gasteiger partial charge in [0.05, 0.1) is 50.9 Å². The van der Waals surface area contributed by atoms with Crippen LogP contribution >= 0.6 is 0 Å². The highest BCUT2D eigenvalue weighted by atomic mass is 16.3. The summed E-state index contributed by atoms with van der Waals surface area (Å²) in [6.45, 7) is -0.497. The highest BCUT2D eigenvalue weighted by molar-refractivity contribution is 6.22. The van der Waals surface area contributed by atoms with Crippen LogP contribution in [-0.4, -0.2) is 65.2 Å². The zero-order chi connectivity index (χ0) is 50.2. The molecule has 14 rings (SSSR count). The maximum absolute atomic E-state index is 13.5. The van der Waals surface area contributed by atoms with Crippen LogP contribution in [0.1, 0.15) is 47.0 Å². The molecule has 0 unspecified atom stereocenters. The molecule has 4 amide bonds. The van der Waals surface area contributed by atoms with Crippen molar-refractivity contribution >= 4 is 111 Å². The van der Waals surface area contributed by atoms with Crippen molar-refractivity contribution in [3.8, 4) is 0 Å². The van der Waals surface area contributed by atoms with Crippen molar-refractivity contribution in [2.24, 2.45) is 0 Å². The van der Waals surface area contributed by atoms with Crippen LogP contribution in [0.15, 0.2) is 183 Å². The third-order valence-corrected chi connectivity index (χ3v) is 13.5. The molecule has 0 spiro atoms. The van der Waals surface area contributed by atoms with Crippen LogP contribution in [0.2, 0.25) is 0 Å². The molecule has 15 nitrogen and oxygen atoms in total. The number of nitrogens with one attached hydrogen (secondary N) is 4. The van der Waals surface area contributed by atoms with E-state index in [4.69, 9.17) is 5.11 Å². The lowest BCUT2D eigenvalue weighted by molar-refractivity contribution is 0.0488. The summed E-state index contributed by atoms with van der Waals surface area (Å²) in [7, 11) is 0. The number of hydrogen-bond donors (Lipinski definition) is 5. The second-order valence-electron chi connectivity index (χ2n) is 17.7. The van der Waals surface area contributed by atoms with E-state index in [9.17, 15) is 38.4 Å². The highest BCUT2D eigenvalue weighted by Crippen LogP contribution is 2.28. The minimum atomic E-state index is -0.563. The van der Waals surface area contributed by atoms with Crippen molar-refractivity contribution in [1.29, 1.82) is 0 Å². The average molecular weight is 961 g/mol. The molecule has 15 heteroatoms. The second kappa shape index (κ2) is 17.1. The third-order valence-electron chi connectivity index (χ3n) is 13.5. The number of H-pyrrole nitrogens is 4. The Bertz CT molecular complexity index is 4510. The molecule has 5 N–H and O–H groups in total. The van der Waals surface area contributed by atoms with Crippen LogP contribution in [0.25, 0.3) is 87.2 Å². The van der Waals surface area contributed by atoms with Gasteiger partial charge in [-0.15, -0.1) is 0 Å². The lowest BCUT2D eigenvalue weighted by Crippen LogP contribution is -2.30. The Morgan fingerprint density at radius 1 is 0.301 bits per heavy atom. The Kier molecular flexibility index (Phi) is 10.3. The predicted molar refractivity (Wildman–Crippen MR) is 280 cm³/mol. The first-order valence-electron chi connectivity index (χ1n) is 23.0. The fourth-order valence-electron chi connectivity index (χ4n) is 9.82. The molecule has 0 saturated carbocycles. The molecule has 0 fully saturated rings. The molecule has 4 aromatic heterocycles. The van der Waals surface area contributed by atoms with Crippen molar-refractivity contribution in [3.05, 3.63) is 233 Å². The van der Waals surface area contributed by atoms with Gasteiger partial charge in [-0.2, -0.15) is 0 Å². The summed E-state index contributed by atoms with van der Waals surface area (Å²) in [4.78, 5) is 115. The Balaban J connectivity index is 0.000000125. The SMILES string of the molecule is O=C1c2ccccc2C(=O)N1CO.O=C1c2ccccc2C(=O)N1Cc1ccc2[nH]c3cc4c(=O)c5ccccc5[nH]c4cc3c(=O)c2c1.O=c1c2ccccc2[nH]c2cc3c(=O)c4ccccc4[nH]c3cc12. The van der Waals surface area contributed by atoms with Gasteiger partial charge < -0.3 is 25.0 Å². The molecule has 352 valence electrons. The van der Waals surface area contributed by atoms with Crippen molar-refractivity contribution in [3.63, 3.8) is 0 Å². The van der Waals surface area contributed by atoms with Crippen molar-refractivity contribution in [2.75, 3.05) is 6.73 Å². The van der Waals surface area contributed by atoms with Crippen LogP contribution in [0.4, 0.5) is 0 Å². The number of aliphatic hydroxyl groups is 1. The molecule has 73 heavy (non-hydrogen) atoms. The molecule has 0 atom stereocenters. The van der Waals surface area contributed by atoms with Gasteiger partial charge in [0.25, 0.3) is 23.6 Å². The molecular formula is C58H36N6O9. The van der Waals surface area contributed by atoms with E-state index in [0.29, 0.717) is 104 Å². The summed E-state index contributed by atoms with van der Waals surface area (Å²) >= 11 is 0. The van der Waals surface area contributed by atoms with Gasteiger partial charge in [-0.25, -0.2) is 0 Å². The highest BCUT2D eigenvalue weighted by Gasteiger charge is 2.36. The number of aliphatic hydroxyl groups excluding tert-OH is 1. The van der Waals surface area contributed by atoms with Crippen LogP contribution in [-0.2, 0) is 6.54 Å². The Morgan fingerprint density at radius 3 is 0.945 bits per heavy atom. The van der Waals surface area contributed by atoms with Gasteiger partial charge in [0.1, 0.15) is 6.73 Å². The van der Waals surface area contributed by atoms with E-state index in [1.54, 1.807) is 109 Å². The number of benzene rings is 8. The number of imide groups is 2. The maximum Gasteiger partial charge on any atom is 0.263 e. The molecule has 2 aliphatic rings. The van der Waals surface area contributed by atoms with E-state index in [1.807, 2.05) is 54.6 Å². The number of aromatic nitrogens is 4. The van der Waals surface area contributed by atoms with Crippen LogP contribution in [0.3, 0.4) is 0 Å². The van der Waals surface area contributed by atoms with Crippen LogP contribution in [0.5, 0.6) is 0 Å². The Labute approximate surface area is 409 Å². The maximum atomic E-state index is 13.5. The molecule has 6 heterocycles. The first-order valence-corrected chi connectivity index (χ1v) is 23.0. The molecule has 8 aromatic carbocycles. The second-order valence-corrected chi connectivity index (χ2v) is 17.7. The number of rotatable bonds is 3. The van der Waals surface area contributed by atoms with Crippen molar-refractivity contribution in [2.45, 2.75) is 6.54 Å². The van der Waals surface area contributed by atoms with Gasteiger partial charge in [0, 0.05) is 65.2 Å². The molecule has 12 aromatic rings. The van der Waals surface area contributed by atoms with E-state index in [-0.39, 0.29) is 40.1 Å². The van der Waals surface area contributed by atoms with Crippen molar-refractivity contribution in [1.82, 2.24) is 29.7 Å². The summed E-state index contributed by atoms with van der Waals surface area (Å²) in [5, 5.41) is 13.2. The summed E-state index contributed by atoms with van der Waals surface area (Å²) in [5.74, 6) is -1.54. The van der Waals surface area contributed by atoms with E-state index < -0.39 is 18.5 Å². The number of nitrogens with zero attached hydrogens (tertiary/aromatic N) is 2. The van der Waals surface area contributed by atoms with Gasteiger partial charge in [0.15, 0.2) is 21.7 Å². The van der Waals surface area contributed by atoms with Crippen molar-refractivity contribution < 1.29 is 24.3 Å². The number of hydrogen-bond acceptors (Lipinski definition) is 9. The van der Waals surface area contributed by atoms with Crippen LogP contribution in [0, 0.1) is 0 Å². The quantitative estimate of drug-likeness (QED) is 0.0845. The van der Waals surface area contributed by atoms with E-state index in [2.05, 4.69) is 19.9 Å². The molecule has 0 aliphatic carbocycles. The Morgan fingerprint density at radius 2 is 0.589 bits per heavy atom. The number of para-hydroxylation sites is 3. The third kappa shape index (κ3) is 7.17.